The molecule has 2 nitrogen and oxygen atoms in total. The summed E-state index contributed by atoms with van der Waals surface area (Å²) in [5, 5.41) is 1.73. The fraction of sp³-hybridized carbons (Fsp3) is 0. The van der Waals surface area contributed by atoms with Crippen molar-refractivity contribution in [3.05, 3.63) is 79.7 Å². The van der Waals surface area contributed by atoms with Gasteiger partial charge in [0.05, 0.1) is 0 Å². The Bertz CT molecular complexity index is 990. The number of rotatable bonds is 0. The monoisotopic (exact) mass is 414 g/mol. The van der Waals surface area contributed by atoms with E-state index in [0.717, 1.165) is 15.2 Å². The molecule has 4 heteroatoms. The highest BCUT2D eigenvalue weighted by molar-refractivity contribution is 9.11. The summed E-state index contributed by atoms with van der Waals surface area (Å²) in [6, 6.07) is 14.6. The van der Waals surface area contributed by atoms with Gasteiger partial charge in [0.15, 0.2) is 11.6 Å². The van der Waals surface area contributed by atoms with Crippen LogP contribution >= 0.6 is 31.9 Å². The number of hydrogen-bond acceptors (Lipinski definition) is 2. The van der Waals surface area contributed by atoms with Crippen LogP contribution in [0.2, 0.25) is 0 Å². The number of benzene rings is 3. The molecule has 0 spiro atoms. The largest absolute Gasteiger partial charge is 0.289 e. The number of ketones is 2. The summed E-state index contributed by atoms with van der Waals surface area (Å²) in [6.07, 6.45) is 0. The molecule has 0 aliphatic heterocycles. The van der Waals surface area contributed by atoms with Crippen molar-refractivity contribution < 1.29 is 9.59 Å². The van der Waals surface area contributed by atoms with E-state index in [0.29, 0.717) is 26.7 Å². The first-order valence-corrected chi connectivity index (χ1v) is 8.27. The molecule has 0 saturated heterocycles. The van der Waals surface area contributed by atoms with Crippen molar-refractivity contribution in [3.8, 4) is 0 Å². The van der Waals surface area contributed by atoms with E-state index in [-0.39, 0.29) is 11.6 Å². The van der Waals surface area contributed by atoms with Gasteiger partial charge in [0.1, 0.15) is 0 Å². The van der Waals surface area contributed by atoms with Crippen molar-refractivity contribution in [2.24, 2.45) is 0 Å². The lowest BCUT2D eigenvalue weighted by molar-refractivity contribution is 0.0980. The maximum absolute atomic E-state index is 13.0. The Balaban J connectivity index is 2.17. The molecule has 0 heterocycles. The first kappa shape index (κ1) is 13.9. The van der Waals surface area contributed by atoms with Gasteiger partial charge in [-0.05, 0) is 23.6 Å². The lowest BCUT2D eigenvalue weighted by atomic mass is 9.82. The van der Waals surface area contributed by atoms with E-state index in [4.69, 9.17) is 0 Å². The summed E-state index contributed by atoms with van der Waals surface area (Å²) in [5.41, 5.74) is 1.85. The van der Waals surface area contributed by atoms with Gasteiger partial charge in [-0.1, -0.05) is 62.2 Å². The third-order valence-corrected chi connectivity index (χ3v) is 5.27. The number of carbonyl (C=O) groups is 2. The van der Waals surface area contributed by atoms with Crippen LogP contribution in [0.25, 0.3) is 10.8 Å². The smallest absolute Gasteiger partial charge is 0.196 e. The first-order chi connectivity index (χ1) is 10.6. The van der Waals surface area contributed by atoms with Gasteiger partial charge in [0, 0.05) is 36.6 Å². The number of hydrogen-bond donors (Lipinski definition) is 0. The van der Waals surface area contributed by atoms with Crippen molar-refractivity contribution in [2.45, 2.75) is 0 Å². The minimum atomic E-state index is -0.116. The molecule has 0 saturated carbocycles. The predicted molar refractivity (Wildman–Crippen MR) is 92.7 cm³/mol. The van der Waals surface area contributed by atoms with Gasteiger partial charge in [0.25, 0.3) is 0 Å². The lowest BCUT2D eigenvalue weighted by Gasteiger charge is -2.20. The Kier molecular flexibility index (Phi) is 3.06. The third-order valence-electron chi connectivity index (χ3n) is 3.95. The second-order valence-electron chi connectivity index (χ2n) is 5.15. The Hall–Kier alpha value is -1.78. The normalized spacial score (nSPS) is 13.2. The average Bonchev–Trinajstić information content (AvgIpc) is 2.52. The van der Waals surface area contributed by atoms with Crippen molar-refractivity contribution in [2.75, 3.05) is 0 Å². The van der Waals surface area contributed by atoms with E-state index in [2.05, 4.69) is 31.9 Å². The topological polar surface area (TPSA) is 34.1 Å². The molecule has 0 radical (unpaired) electrons. The van der Waals surface area contributed by atoms with Gasteiger partial charge in [-0.15, -0.1) is 0 Å². The quantitative estimate of drug-likeness (QED) is 0.398. The highest BCUT2D eigenvalue weighted by Gasteiger charge is 2.32. The van der Waals surface area contributed by atoms with Crippen molar-refractivity contribution >= 4 is 54.2 Å². The summed E-state index contributed by atoms with van der Waals surface area (Å²) < 4.78 is 1.47. The van der Waals surface area contributed by atoms with Gasteiger partial charge in [-0.2, -0.15) is 0 Å². The standard InChI is InChI=1S/C18H8Br2O2/c19-12-5-1-3-9-7-8-11-16(14(9)12)18(22)15-10(17(11)21)4-2-6-13(15)20/h1-8H. The van der Waals surface area contributed by atoms with Crippen molar-refractivity contribution in [1.29, 1.82) is 0 Å². The highest BCUT2D eigenvalue weighted by Crippen LogP contribution is 2.37. The maximum atomic E-state index is 13.0. The van der Waals surface area contributed by atoms with E-state index in [1.807, 2.05) is 24.3 Å². The SMILES string of the molecule is O=C1c2cccc(Br)c2C(=O)c2c1ccc1cccc(Br)c21. The second-order valence-corrected chi connectivity index (χ2v) is 6.86. The summed E-state index contributed by atoms with van der Waals surface area (Å²) >= 11 is 6.91. The molecule has 0 fully saturated rings. The van der Waals surface area contributed by atoms with Gasteiger partial charge in [-0.25, -0.2) is 0 Å². The molecule has 0 unspecified atom stereocenters. The summed E-state index contributed by atoms with van der Waals surface area (Å²) in [7, 11) is 0. The van der Waals surface area contributed by atoms with E-state index in [9.17, 15) is 9.59 Å². The minimum absolute atomic E-state index is 0.108. The molecule has 0 aromatic heterocycles. The van der Waals surface area contributed by atoms with Gasteiger partial charge >= 0.3 is 0 Å². The molecule has 3 aromatic carbocycles. The predicted octanol–water partition coefficient (Wildman–Crippen LogP) is 5.14. The fourth-order valence-corrected chi connectivity index (χ4v) is 4.10. The van der Waals surface area contributed by atoms with Crippen LogP contribution in [-0.4, -0.2) is 11.6 Å². The zero-order valence-corrected chi connectivity index (χ0v) is 14.4. The molecule has 0 amide bonds. The average molecular weight is 416 g/mol. The first-order valence-electron chi connectivity index (χ1n) is 6.68. The molecule has 0 atom stereocenters. The van der Waals surface area contributed by atoms with Crippen LogP contribution in [0, 0.1) is 0 Å². The molecule has 4 rings (SSSR count). The van der Waals surface area contributed by atoms with Crippen molar-refractivity contribution in [1.82, 2.24) is 0 Å². The maximum Gasteiger partial charge on any atom is 0.196 e. The zero-order valence-electron chi connectivity index (χ0n) is 11.2. The van der Waals surface area contributed by atoms with Crippen LogP contribution in [0.15, 0.2) is 57.5 Å². The molecular formula is C18H8Br2O2. The second kappa shape index (κ2) is 4.86. The minimum Gasteiger partial charge on any atom is -0.289 e. The van der Waals surface area contributed by atoms with Crippen molar-refractivity contribution in [3.63, 3.8) is 0 Å². The molecule has 1 aliphatic carbocycles. The van der Waals surface area contributed by atoms with E-state index < -0.39 is 0 Å². The molecule has 106 valence electrons. The Morgan fingerprint density at radius 1 is 0.636 bits per heavy atom. The fourth-order valence-electron chi connectivity index (χ4n) is 2.97. The Labute approximate surface area is 143 Å². The summed E-state index contributed by atoms with van der Waals surface area (Å²) in [6.45, 7) is 0. The van der Waals surface area contributed by atoms with Crippen LogP contribution in [0.1, 0.15) is 31.8 Å². The van der Waals surface area contributed by atoms with Crippen LogP contribution in [0.4, 0.5) is 0 Å². The van der Waals surface area contributed by atoms with Gasteiger partial charge < -0.3 is 0 Å². The van der Waals surface area contributed by atoms with Crippen LogP contribution in [0.3, 0.4) is 0 Å². The zero-order chi connectivity index (χ0) is 15.4. The van der Waals surface area contributed by atoms with Crippen LogP contribution < -0.4 is 0 Å². The molecule has 3 aromatic rings. The molecule has 22 heavy (non-hydrogen) atoms. The molecule has 0 N–H and O–H groups in total. The number of fused-ring (bicyclic) bond motifs is 4. The van der Waals surface area contributed by atoms with E-state index in [1.165, 1.54) is 0 Å². The van der Waals surface area contributed by atoms with E-state index >= 15 is 0 Å². The molecule has 1 aliphatic rings. The Morgan fingerprint density at radius 2 is 1.32 bits per heavy atom. The Morgan fingerprint density at radius 3 is 2.14 bits per heavy atom. The summed E-state index contributed by atoms with van der Waals surface area (Å²) in [4.78, 5) is 25.8. The molecule has 0 bridgehead atoms. The highest BCUT2D eigenvalue weighted by atomic mass is 79.9. The van der Waals surface area contributed by atoms with Gasteiger partial charge in [0.2, 0.25) is 0 Å². The third kappa shape index (κ3) is 1.77. The van der Waals surface area contributed by atoms with Crippen LogP contribution in [-0.2, 0) is 0 Å². The number of halogens is 2. The van der Waals surface area contributed by atoms with Crippen LogP contribution in [0.5, 0.6) is 0 Å². The van der Waals surface area contributed by atoms with E-state index in [1.54, 1.807) is 24.3 Å². The van der Waals surface area contributed by atoms with Gasteiger partial charge in [-0.3, -0.25) is 9.59 Å². The number of carbonyl (C=O) groups excluding carboxylic acids is 2. The molecular weight excluding hydrogens is 408 g/mol. The lowest BCUT2D eigenvalue weighted by Crippen LogP contribution is -2.21. The summed E-state index contributed by atoms with van der Waals surface area (Å²) in [5.74, 6) is -0.224.